The van der Waals surface area contributed by atoms with E-state index in [1.165, 1.54) is 24.8 Å². The molecule has 1 atom stereocenters. The van der Waals surface area contributed by atoms with Crippen LogP contribution in [-0.4, -0.2) is 39.8 Å². The normalized spacial score (nSPS) is 17.0. The molecule has 0 spiro atoms. The maximum atomic E-state index is 12.5. The molecule has 4 N–H and O–H groups in total. The van der Waals surface area contributed by atoms with Gasteiger partial charge in [0.2, 0.25) is 17.7 Å². The molecule has 2 aromatic carbocycles. The van der Waals surface area contributed by atoms with Crippen molar-refractivity contribution in [3.05, 3.63) is 66.2 Å². The highest BCUT2D eigenvalue weighted by Crippen LogP contribution is 2.29. The molecule has 158 valence electrons. The Morgan fingerprint density at radius 2 is 1.84 bits per heavy atom. The van der Waals surface area contributed by atoms with E-state index in [4.69, 9.17) is 0 Å². The molecule has 2 heterocycles. The zero-order valence-electron chi connectivity index (χ0n) is 16.6. The topological polar surface area (TPSA) is 115 Å². The summed E-state index contributed by atoms with van der Waals surface area (Å²) in [5, 5.41) is 13.1. The molecule has 0 aliphatic carbocycles. The van der Waals surface area contributed by atoms with Crippen LogP contribution >= 0.6 is 11.8 Å². The first-order valence-corrected chi connectivity index (χ1v) is 10.5. The fourth-order valence-corrected chi connectivity index (χ4v) is 3.98. The Morgan fingerprint density at radius 3 is 2.58 bits per heavy atom. The van der Waals surface area contributed by atoms with Crippen molar-refractivity contribution in [3.8, 4) is 0 Å². The second-order valence-corrected chi connectivity index (χ2v) is 7.74. The van der Waals surface area contributed by atoms with E-state index in [0.717, 1.165) is 5.56 Å². The number of benzene rings is 2. The zero-order valence-corrected chi connectivity index (χ0v) is 17.4. The van der Waals surface area contributed by atoms with Crippen LogP contribution in [0.5, 0.6) is 0 Å². The number of amides is 3. The van der Waals surface area contributed by atoms with Gasteiger partial charge in [0.05, 0.1) is 11.4 Å². The molecule has 4 rings (SSSR count). The van der Waals surface area contributed by atoms with Gasteiger partial charge >= 0.3 is 0 Å². The Balaban J connectivity index is 1.42. The van der Waals surface area contributed by atoms with Crippen LogP contribution in [0.1, 0.15) is 12.5 Å². The quantitative estimate of drug-likeness (QED) is 0.570. The Kier molecular flexibility index (Phi) is 5.89. The van der Waals surface area contributed by atoms with Gasteiger partial charge in [0, 0.05) is 24.4 Å². The first kappa shape index (κ1) is 20.5. The minimum absolute atomic E-state index is 0.115. The van der Waals surface area contributed by atoms with Gasteiger partial charge in [-0.1, -0.05) is 48.2 Å². The Labute approximate surface area is 183 Å². The van der Waals surface area contributed by atoms with Gasteiger partial charge in [-0.05, 0) is 23.8 Å². The third-order valence-electron chi connectivity index (χ3n) is 4.42. The summed E-state index contributed by atoms with van der Waals surface area (Å²) < 4.78 is 0. The molecular formula is C21H20N6O3S. The molecule has 1 unspecified atom stereocenters. The lowest BCUT2D eigenvalue weighted by atomic mass is 10.1. The van der Waals surface area contributed by atoms with E-state index >= 15 is 0 Å². The molecule has 31 heavy (non-hydrogen) atoms. The van der Waals surface area contributed by atoms with Gasteiger partial charge in [0.15, 0.2) is 11.5 Å². The number of carbonyl (C=O) groups is 3. The number of nitrogens with zero attached hydrogens (tertiary/aromatic N) is 2. The van der Waals surface area contributed by atoms with Gasteiger partial charge in [-0.25, -0.2) is 0 Å². The fourth-order valence-electron chi connectivity index (χ4n) is 3.19. The van der Waals surface area contributed by atoms with Crippen LogP contribution in [0.25, 0.3) is 5.70 Å². The Bertz CT molecular complexity index is 1090. The van der Waals surface area contributed by atoms with Crippen LogP contribution in [0, 0.1) is 0 Å². The molecule has 3 amide bonds. The lowest BCUT2D eigenvalue weighted by Gasteiger charge is -2.32. The smallest absolute Gasteiger partial charge is 0.249 e. The summed E-state index contributed by atoms with van der Waals surface area (Å²) in [4.78, 5) is 37.6. The summed E-state index contributed by atoms with van der Waals surface area (Å²) >= 11 is 1.25. The molecule has 0 saturated heterocycles. The van der Waals surface area contributed by atoms with E-state index in [1.54, 1.807) is 24.3 Å². The van der Waals surface area contributed by atoms with Gasteiger partial charge in [-0.3, -0.25) is 24.7 Å². The van der Waals surface area contributed by atoms with Gasteiger partial charge in [-0.15, -0.1) is 0 Å². The van der Waals surface area contributed by atoms with E-state index in [-0.39, 0.29) is 23.5 Å². The number of hydrazone groups is 1. The summed E-state index contributed by atoms with van der Waals surface area (Å²) in [5.41, 5.74) is 5.65. The van der Waals surface area contributed by atoms with Crippen LogP contribution in [0.15, 0.2) is 65.8 Å². The number of anilines is 2. The van der Waals surface area contributed by atoms with Crippen molar-refractivity contribution >= 4 is 51.7 Å². The average molecular weight is 436 g/mol. The number of hydrogen-bond acceptors (Lipinski definition) is 7. The number of hydrogen-bond donors (Lipinski definition) is 4. The summed E-state index contributed by atoms with van der Waals surface area (Å²) in [7, 11) is 0. The summed E-state index contributed by atoms with van der Waals surface area (Å²) in [6.07, 6.45) is 1.01. The molecule has 0 aromatic heterocycles. The van der Waals surface area contributed by atoms with Crippen molar-refractivity contribution in [3.63, 3.8) is 0 Å². The molecule has 0 fully saturated rings. The molecule has 2 aromatic rings. The molecule has 0 bridgehead atoms. The summed E-state index contributed by atoms with van der Waals surface area (Å²) in [6, 6.07) is 16.4. The number of rotatable bonds is 5. The van der Waals surface area contributed by atoms with E-state index in [1.807, 2.05) is 35.2 Å². The van der Waals surface area contributed by atoms with Crippen LogP contribution < -0.4 is 21.4 Å². The van der Waals surface area contributed by atoms with Crippen LogP contribution in [0.2, 0.25) is 0 Å². The highest BCUT2D eigenvalue weighted by Gasteiger charge is 2.36. The second-order valence-electron chi connectivity index (χ2n) is 6.80. The predicted molar refractivity (Wildman–Crippen MR) is 121 cm³/mol. The van der Waals surface area contributed by atoms with E-state index < -0.39 is 6.29 Å². The molecule has 9 nitrogen and oxygen atoms in total. The maximum absolute atomic E-state index is 12.5. The monoisotopic (exact) mass is 436 g/mol. The Hall–Kier alpha value is -3.79. The zero-order chi connectivity index (χ0) is 21.8. The van der Waals surface area contributed by atoms with E-state index in [2.05, 4.69) is 26.5 Å². The van der Waals surface area contributed by atoms with E-state index in [0.29, 0.717) is 22.2 Å². The minimum atomic E-state index is -0.507. The first-order valence-electron chi connectivity index (χ1n) is 9.50. The van der Waals surface area contributed by atoms with Crippen molar-refractivity contribution in [1.29, 1.82) is 0 Å². The van der Waals surface area contributed by atoms with Gasteiger partial charge in [-0.2, -0.15) is 5.10 Å². The standard InChI is InChI=1S/C21H20N6O3S/c1-13(28)22-15-8-5-9-16(10-15)23-19(30)12-31-21-26-25-20-24-18(29)11-17(27(20)21)14-6-3-2-4-7-14/h2-11,20,25H,12H2,1H3,(H,22,28)(H,23,30)(H,24,29). The summed E-state index contributed by atoms with van der Waals surface area (Å²) in [6.45, 7) is 1.42. The van der Waals surface area contributed by atoms with Crippen LogP contribution in [-0.2, 0) is 14.4 Å². The first-order chi connectivity index (χ1) is 15.0. The number of nitrogens with one attached hydrogen (secondary N) is 4. The maximum Gasteiger partial charge on any atom is 0.249 e. The minimum Gasteiger partial charge on any atom is -0.326 e. The Morgan fingerprint density at radius 1 is 1.10 bits per heavy atom. The highest BCUT2D eigenvalue weighted by atomic mass is 32.2. The average Bonchev–Trinajstić information content (AvgIpc) is 3.15. The van der Waals surface area contributed by atoms with Crippen molar-refractivity contribution < 1.29 is 14.4 Å². The summed E-state index contributed by atoms with van der Waals surface area (Å²) in [5.74, 6) is -0.506. The highest BCUT2D eigenvalue weighted by molar-refractivity contribution is 8.14. The van der Waals surface area contributed by atoms with Gasteiger partial charge in [0.1, 0.15) is 0 Å². The van der Waals surface area contributed by atoms with Crippen molar-refractivity contribution in [2.75, 3.05) is 16.4 Å². The molecule has 0 saturated carbocycles. The number of fused-ring (bicyclic) bond motifs is 1. The third kappa shape index (κ3) is 4.86. The van der Waals surface area contributed by atoms with Crippen molar-refractivity contribution in [2.45, 2.75) is 13.2 Å². The van der Waals surface area contributed by atoms with Crippen LogP contribution in [0.3, 0.4) is 0 Å². The molecule has 2 aliphatic rings. The molecular weight excluding hydrogens is 416 g/mol. The second kappa shape index (κ2) is 8.92. The van der Waals surface area contributed by atoms with Gasteiger partial charge in [0.25, 0.3) is 0 Å². The van der Waals surface area contributed by atoms with E-state index in [9.17, 15) is 14.4 Å². The number of amidine groups is 1. The predicted octanol–water partition coefficient (Wildman–Crippen LogP) is 1.95. The number of thioether (sulfide) groups is 1. The molecule has 0 radical (unpaired) electrons. The van der Waals surface area contributed by atoms with Gasteiger partial charge < -0.3 is 16.0 Å². The number of carbonyl (C=O) groups excluding carboxylic acids is 3. The molecule has 10 heteroatoms. The lowest BCUT2D eigenvalue weighted by Crippen LogP contribution is -2.53. The SMILES string of the molecule is CC(=O)Nc1cccc(NC(=O)CSC2=NNC3NC(=O)C=C(c4ccccc4)N23)c1. The van der Waals surface area contributed by atoms with Crippen molar-refractivity contribution in [2.24, 2.45) is 5.10 Å². The fraction of sp³-hybridized carbons (Fsp3) is 0.143. The molecule has 2 aliphatic heterocycles. The van der Waals surface area contributed by atoms with Crippen LogP contribution in [0.4, 0.5) is 11.4 Å². The third-order valence-corrected chi connectivity index (χ3v) is 5.37. The lowest BCUT2D eigenvalue weighted by molar-refractivity contribution is -0.118. The largest absolute Gasteiger partial charge is 0.326 e. The van der Waals surface area contributed by atoms with Crippen molar-refractivity contribution in [1.82, 2.24) is 15.6 Å².